The Morgan fingerprint density at radius 2 is 1.98 bits per heavy atom. The zero-order valence-electron chi connectivity index (χ0n) is 23.0. The number of aromatic nitrogens is 5. The van der Waals surface area contributed by atoms with Gasteiger partial charge in [0, 0.05) is 63.5 Å². The third-order valence-electron chi connectivity index (χ3n) is 8.08. The van der Waals surface area contributed by atoms with Crippen LogP contribution in [0.3, 0.4) is 0 Å². The number of fused-ring (bicyclic) bond motifs is 1. The maximum absolute atomic E-state index is 12.7. The maximum Gasteiger partial charge on any atom is 0.247 e. The number of anilines is 3. The molecule has 3 aromatic heterocycles. The van der Waals surface area contributed by atoms with Crippen LogP contribution in [0.4, 0.5) is 17.3 Å². The number of nitrogens with one attached hydrogen (secondary N) is 1. The average molecular weight is 539 g/mol. The van der Waals surface area contributed by atoms with Crippen molar-refractivity contribution in [1.29, 1.82) is 5.26 Å². The van der Waals surface area contributed by atoms with Gasteiger partial charge in [-0.1, -0.05) is 31.2 Å². The van der Waals surface area contributed by atoms with E-state index in [0.717, 1.165) is 62.7 Å². The fourth-order valence-electron chi connectivity index (χ4n) is 5.65. The molecule has 0 bridgehead atoms. The van der Waals surface area contributed by atoms with Crippen LogP contribution in [-0.4, -0.2) is 86.4 Å². The third kappa shape index (κ3) is 4.98. The number of carbonyl (C=O) groups excluding carboxylic acids is 1. The van der Waals surface area contributed by atoms with Crippen molar-refractivity contribution in [2.75, 3.05) is 56.5 Å². The molecular formula is C29H34N10O. The Morgan fingerprint density at radius 1 is 1.15 bits per heavy atom. The summed E-state index contributed by atoms with van der Waals surface area (Å²) in [5, 5.41) is 21.8. The fraction of sp³-hybridized carbons (Fsp3) is 0.414. The number of benzene rings is 1. The van der Waals surface area contributed by atoms with Gasteiger partial charge in [0.1, 0.15) is 6.54 Å². The largest absolute Gasteiger partial charge is 0.366 e. The van der Waals surface area contributed by atoms with Crippen LogP contribution in [-0.2, 0) is 23.2 Å². The van der Waals surface area contributed by atoms with Crippen molar-refractivity contribution in [3.8, 4) is 6.07 Å². The summed E-state index contributed by atoms with van der Waals surface area (Å²) < 4.78 is 3.41. The molecule has 0 spiro atoms. The molecule has 1 amide bonds. The van der Waals surface area contributed by atoms with Gasteiger partial charge in [-0.3, -0.25) is 9.48 Å². The van der Waals surface area contributed by atoms with E-state index in [1.807, 2.05) is 17.2 Å². The number of aryl methyl sites for hydroxylation is 1. The maximum atomic E-state index is 12.7. The molecule has 2 aliphatic rings. The van der Waals surface area contributed by atoms with E-state index in [2.05, 4.69) is 75.7 Å². The lowest BCUT2D eigenvalue weighted by molar-refractivity contribution is -0.133. The summed E-state index contributed by atoms with van der Waals surface area (Å²) in [7, 11) is 2.07. The molecule has 0 atom stereocenters. The van der Waals surface area contributed by atoms with Crippen molar-refractivity contribution in [3.63, 3.8) is 0 Å². The van der Waals surface area contributed by atoms with E-state index in [4.69, 9.17) is 4.98 Å². The van der Waals surface area contributed by atoms with Gasteiger partial charge in [-0.25, -0.2) is 4.52 Å². The fourth-order valence-corrected chi connectivity index (χ4v) is 5.65. The van der Waals surface area contributed by atoms with Crippen molar-refractivity contribution in [1.82, 2.24) is 34.2 Å². The summed E-state index contributed by atoms with van der Waals surface area (Å²) in [6.07, 6.45) is 6.81. The summed E-state index contributed by atoms with van der Waals surface area (Å²) in [6, 6.07) is 15.1. The van der Waals surface area contributed by atoms with Gasteiger partial charge in [0.05, 0.1) is 23.6 Å². The van der Waals surface area contributed by atoms with Crippen molar-refractivity contribution < 1.29 is 4.79 Å². The number of rotatable bonds is 8. The molecule has 6 rings (SSSR count). The third-order valence-corrected chi connectivity index (χ3v) is 8.08. The molecule has 2 aliphatic heterocycles. The summed E-state index contributed by atoms with van der Waals surface area (Å²) in [6.45, 7) is 7.12. The number of nitrogens with zero attached hydrogens (tertiary/aromatic N) is 9. The van der Waals surface area contributed by atoms with Gasteiger partial charge < -0.3 is 20.0 Å². The highest BCUT2D eigenvalue weighted by molar-refractivity contribution is 5.76. The van der Waals surface area contributed by atoms with Crippen molar-refractivity contribution in [2.45, 2.75) is 31.7 Å². The first kappa shape index (κ1) is 25.8. The van der Waals surface area contributed by atoms with Crippen LogP contribution in [0.15, 0.2) is 55.0 Å². The highest BCUT2D eigenvalue weighted by Gasteiger charge is 2.45. The van der Waals surface area contributed by atoms with Crippen molar-refractivity contribution in [3.05, 3.63) is 66.1 Å². The first-order valence-corrected chi connectivity index (χ1v) is 13.8. The Bertz CT molecular complexity index is 1550. The molecule has 11 nitrogen and oxygen atoms in total. The van der Waals surface area contributed by atoms with Gasteiger partial charge in [-0.05, 0) is 36.7 Å². The minimum atomic E-state index is -0.190. The van der Waals surface area contributed by atoms with E-state index in [9.17, 15) is 10.1 Å². The lowest BCUT2D eigenvalue weighted by atomic mass is 9.71. The van der Waals surface area contributed by atoms with Gasteiger partial charge in [0.25, 0.3) is 0 Å². The van der Waals surface area contributed by atoms with Gasteiger partial charge >= 0.3 is 0 Å². The number of carbonyl (C=O) groups is 1. The zero-order chi connectivity index (χ0) is 27.7. The second kappa shape index (κ2) is 10.6. The zero-order valence-corrected chi connectivity index (χ0v) is 23.0. The highest BCUT2D eigenvalue weighted by atomic mass is 16.2. The summed E-state index contributed by atoms with van der Waals surface area (Å²) in [5.74, 6) is 0.526. The molecule has 2 saturated heterocycles. The molecular weight excluding hydrogens is 504 g/mol. The molecule has 40 heavy (non-hydrogen) atoms. The molecule has 0 saturated carbocycles. The smallest absolute Gasteiger partial charge is 0.247 e. The lowest BCUT2D eigenvalue weighted by Gasteiger charge is -2.51. The number of piperazine rings is 1. The highest BCUT2D eigenvalue weighted by Crippen LogP contribution is 2.41. The molecule has 4 aromatic rings. The summed E-state index contributed by atoms with van der Waals surface area (Å²) in [4.78, 5) is 23.8. The molecule has 5 heterocycles. The molecule has 2 fully saturated rings. The van der Waals surface area contributed by atoms with Crippen LogP contribution in [0.25, 0.3) is 5.65 Å². The van der Waals surface area contributed by atoms with Crippen LogP contribution in [0.5, 0.6) is 0 Å². The second-order valence-electron chi connectivity index (χ2n) is 10.9. The van der Waals surface area contributed by atoms with Crippen molar-refractivity contribution >= 4 is 28.9 Å². The quantitative estimate of drug-likeness (QED) is 0.365. The molecule has 0 unspecified atom stereocenters. The van der Waals surface area contributed by atoms with Crippen LogP contribution in [0, 0.1) is 11.3 Å². The van der Waals surface area contributed by atoms with Gasteiger partial charge in [0.15, 0.2) is 5.65 Å². The normalized spacial score (nSPS) is 17.0. The Balaban J connectivity index is 1.15. The van der Waals surface area contributed by atoms with Gasteiger partial charge in [-0.2, -0.15) is 15.3 Å². The van der Waals surface area contributed by atoms with E-state index in [-0.39, 0.29) is 17.9 Å². The Morgan fingerprint density at radius 3 is 2.75 bits per heavy atom. The predicted octanol–water partition coefficient (Wildman–Crippen LogP) is 2.68. The SMILES string of the molecule is CCc1cccc(C2(CC#N)CN(c3cccn4nc(Nc5cnn(CC(=O)N6CCN(C)CC6)c5)nc34)C2)c1. The van der Waals surface area contributed by atoms with Gasteiger partial charge in [0.2, 0.25) is 11.9 Å². The molecule has 0 aliphatic carbocycles. The number of amides is 1. The molecule has 0 radical (unpaired) electrons. The topological polar surface area (TPSA) is 111 Å². The predicted molar refractivity (Wildman–Crippen MR) is 153 cm³/mol. The van der Waals surface area contributed by atoms with Crippen LogP contribution in [0.1, 0.15) is 24.5 Å². The monoisotopic (exact) mass is 538 g/mol. The Labute approximate surface area is 233 Å². The summed E-state index contributed by atoms with van der Waals surface area (Å²) >= 11 is 0. The Kier molecular flexibility index (Phi) is 6.86. The van der Waals surface area contributed by atoms with E-state index in [0.29, 0.717) is 12.4 Å². The number of hydrogen-bond acceptors (Lipinski definition) is 8. The molecule has 11 heteroatoms. The molecule has 206 valence electrons. The van der Waals surface area contributed by atoms with Crippen LogP contribution in [0.2, 0.25) is 0 Å². The second-order valence-corrected chi connectivity index (χ2v) is 10.9. The van der Waals surface area contributed by atoms with Crippen LogP contribution >= 0.6 is 0 Å². The van der Waals surface area contributed by atoms with Gasteiger partial charge in [-0.15, -0.1) is 5.10 Å². The van der Waals surface area contributed by atoms with E-state index in [1.54, 1.807) is 21.6 Å². The Hall–Kier alpha value is -4.43. The number of hydrogen-bond donors (Lipinski definition) is 1. The van der Waals surface area contributed by atoms with Crippen molar-refractivity contribution in [2.24, 2.45) is 0 Å². The summed E-state index contributed by atoms with van der Waals surface area (Å²) in [5.41, 5.74) is 4.77. The van der Waals surface area contributed by atoms with E-state index in [1.165, 1.54) is 11.1 Å². The van der Waals surface area contributed by atoms with Crippen LogP contribution < -0.4 is 10.2 Å². The minimum absolute atomic E-state index is 0.0710. The number of pyridine rings is 1. The molecule has 1 N–H and O–H groups in total. The minimum Gasteiger partial charge on any atom is -0.366 e. The number of likely N-dealkylation sites (N-methyl/N-ethyl adjacent to an activating group) is 1. The first-order chi connectivity index (χ1) is 19.5. The lowest BCUT2D eigenvalue weighted by Crippen LogP contribution is -2.59. The van der Waals surface area contributed by atoms with E-state index < -0.39 is 0 Å². The van der Waals surface area contributed by atoms with E-state index >= 15 is 0 Å². The molecule has 1 aromatic carbocycles. The average Bonchev–Trinajstić information content (AvgIpc) is 3.57. The first-order valence-electron chi connectivity index (χ1n) is 13.8. The number of nitriles is 1. The standard InChI is InChI=1S/C29H34N10O/c1-3-22-6-4-7-23(16-22)29(9-10-30)20-37(21-29)25-8-5-11-39-27(25)33-28(34-39)32-24-17-31-38(18-24)19-26(40)36-14-12-35(2)13-15-36/h4-8,11,16-18H,3,9,12-15,19-21H2,1-2H3,(H,32,34).